The van der Waals surface area contributed by atoms with Gasteiger partial charge in [-0.2, -0.15) is 0 Å². The number of nitrogens with zero attached hydrogens (tertiary/aromatic N) is 1. The van der Waals surface area contributed by atoms with Gasteiger partial charge >= 0.3 is 0 Å². The third-order valence-electron chi connectivity index (χ3n) is 2.40. The molecular weight excluding hydrogens is 138 g/mol. The maximum atomic E-state index is 5.43. The molecule has 11 heavy (non-hydrogen) atoms. The molecule has 64 valence electrons. The minimum Gasteiger partial charge on any atom is -0.381 e. The van der Waals surface area contributed by atoms with Gasteiger partial charge in [-0.15, -0.1) is 0 Å². The lowest BCUT2D eigenvalue weighted by Gasteiger charge is -2.26. The molecule has 1 heterocycles. The zero-order valence-corrected chi connectivity index (χ0v) is 7.63. The van der Waals surface area contributed by atoms with Gasteiger partial charge < -0.3 is 9.64 Å². The third kappa shape index (κ3) is 2.22. The van der Waals surface area contributed by atoms with Crippen molar-refractivity contribution in [3.8, 4) is 0 Å². The number of methoxy groups -OCH3 is 1. The molecule has 0 bridgehead atoms. The Morgan fingerprint density at radius 1 is 1.55 bits per heavy atom. The van der Waals surface area contributed by atoms with Gasteiger partial charge in [0.05, 0.1) is 5.60 Å². The Balaban J connectivity index is 2.55. The molecule has 0 aromatic rings. The van der Waals surface area contributed by atoms with Gasteiger partial charge in [0.2, 0.25) is 0 Å². The highest BCUT2D eigenvalue weighted by Crippen LogP contribution is 2.22. The molecule has 1 atom stereocenters. The molecular formula is C9H17NO. The molecule has 0 amide bonds. The monoisotopic (exact) mass is 155 g/mol. The van der Waals surface area contributed by atoms with Crippen LogP contribution in [0.4, 0.5) is 0 Å². The van der Waals surface area contributed by atoms with Crippen molar-refractivity contribution in [1.29, 1.82) is 0 Å². The lowest BCUT2D eigenvalue weighted by molar-refractivity contribution is 0.000686. The Bertz CT molecular complexity index is 156. The average molecular weight is 155 g/mol. The number of hydrogen-bond donors (Lipinski definition) is 0. The van der Waals surface area contributed by atoms with E-state index in [1.54, 1.807) is 7.11 Å². The van der Waals surface area contributed by atoms with E-state index in [9.17, 15) is 0 Å². The summed E-state index contributed by atoms with van der Waals surface area (Å²) in [6, 6.07) is 0. The topological polar surface area (TPSA) is 12.5 Å². The van der Waals surface area contributed by atoms with E-state index >= 15 is 0 Å². The lowest BCUT2D eigenvalue weighted by Crippen LogP contribution is -2.28. The second-order valence-electron chi connectivity index (χ2n) is 3.47. The molecule has 1 rings (SSSR count). The molecule has 0 aromatic carbocycles. The van der Waals surface area contributed by atoms with E-state index in [-0.39, 0.29) is 5.60 Å². The maximum absolute atomic E-state index is 5.43. The highest BCUT2D eigenvalue weighted by molar-refractivity contribution is 4.94. The molecule has 0 radical (unpaired) electrons. The van der Waals surface area contributed by atoms with Crippen LogP contribution in [-0.4, -0.2) is 31.2 Å². The minimum atomic E-state index is 0.0568. The van der Waals surface area contributed by atoms with Crippen molar-refractivity contribution in [2.24, 2.45) is 0 Å². The van der Waals surface area contributed by atoms with Gasteiger partial charge in [-0.1, -0.05) is 6.08 Å². The van der Waals surface area contributed by atoms with Crippen LogP contribution in [0.3, 0.4) is 0 Å². The summed E-state index contributed by atoms with van der Waals surface area (Å²) in [6.07, 6.45) is 6.43. The molecule has 1 aliphatic heterocycles. The zero-order valence-electron chi connectivity index (χ0n) is 7.63. The van der Waals surface area contributed by atoms with Gasteiger partial charge in [-0.25, -0.2) is 0 Å². The van der Waals surface area contributed by atoms with Gasteiger partial charge in [0, 0.05) is 20.7 Å². The summed E-state index contributed by atoms with van der Waals surface area (Å²) in [4.78, 5) is 2.20. The number of rotatable bonds is 1. The molecule has 0 saturated carbocycles. The summed E-state index contributed by atoms with van der Waals surface area (Å²) in [5.74, 6) is 0. The fourth-order valence-corrected chi connectivity index (χ4v) is 1.26. The van der Waals surface area contributed by atoms with Gasteiger partial charge in [0.1, 0.15) is 0 Å². The van der Waals surface area contributed by atoms with Gasteiger partial charge in [0.25, 0.3) is 0 Å². The second kappa shape index (κ2) is 3.26. The van der Waals surface area contributed by atoms with Crippen LogP contribution in [0.2, 0.25) is 0 Å². The largest absolute Gasteiger partial charge is 0.381 e. The van der Waals surface area contributed by atoms with Crippen molar-refractivity contribution in [3.05, 3.63) is 12.3 Å². The third-order valence-corrected chi connectivity index (χ3v) is 2.40. The number of ether oxygens (including phenoxy) is 1. The Morgan fingerprint density at radius 3 is 2.91 bits per heavy atom. The Kier molecular flexibility index (Phi) is 2.55. The van der Waals surface area contributed by atoms with Crippen LogP contribution in [0.5, 0.6) is 0 Å². The first-order chi connectivity index (χ1) is 5.16. The van der Waals surface area contributed by atoms with Crippen molar-refractivity contribution in [1.82, 2.24) is 4.90 Å². The van der Waals surface area contributed by atoms with E-state index in [1.165, 1.54) is 0 Å². The highest BCUT2D eigenvalue weighted by Gasteiger charge is 2.23. The predicted octanol–water partition coefficient (Wildman–Crippen LogP) is 1.63. The van der Waals surface area contributed by atoms with E-state index in [0.717, 1.165) is 19.4 Å². The molecule has 1 aliphatic rings. The smallest absolute Gasteiger partial charge is 0.0702 e. The summed E-state index contributed by atoms with van der Waals surface area (Å²) in [7, 11) is 3.89. The van der Waals surface area contributed by atoms with E-state index in [2.05, 4.69) is 31.1 Å². The van der Waals surface area contributed by atoms with Gasteiger partial charge in [0.15, 0.2) is 0 Å². The van der Waals surface area contributed by atoms with Crippen molar-refractivity contribution in [2.75, 3.05) is 20.7 Å². The quantitative estimate of drug-likeness (QED) is 0.570. The standard InChI is InChI=1S/C9H17NO/c1-9(11-3)5-4-7-10(2)8-6-9/h4,7H,5-6,8H2,1-3H3. The molecule has 2 nitrogen and oxygen atoms in total. The SMILES string of the molecule is COC1(C)CC=CN(C)CC1. The lowest BCUT2D eigenvalue weighted by atomic mass is 9.99. The van der Waals surface area contributed by atoms with Gasteiger partial charge in [-0.05, 0) is 26.0 Å². The summed E-state index contributed by atoms with van der Waals surface area (Å²) in [5, 5.41) is 0. The first-order valence-electron chi connectivity index (χ1n) is 4.08. The second-order valence-corrected chi connectivity index (χ2v) is 3.47. The van der Waals surface area contributed by atoms with E-state index in [0.29, 0.717) is 0 Å². The maximum Gasteiger partial charge on any atom is 0.0702 e. The predicted molar refractivity (Wildman–Crippen MR) is 46.4 cm³/mol. The molecule has 0 aromatic heterocycles. The van der Waals surface area contributed by atoms with Crippen molar-refractivity contribution in [2.45, 2.75) is 25.4 Å². The molecule has 2 heteroatoms. The first-order valence-corrected chi connectivity index (χ1v) is 4.08. The van der Waals surface area contributed by atoms with Crippen LogP contribution < -0.4 is 0 Å². The minimum absolute atomic E-state index is 0.0568. The Hall–Kier alpha value is -0.500. The average Bonchev–Trinajstić information content (AvgIpc) is 2.15. The van der Waals surface area contributed by atoms with Crippen LogP contribution in [0.1, 0.15) is 19.8 Å². The van der Waals surface area contributed by atoms with E-state index < -0.39 is 0 Å². The van der Waals surface area contributed by atoms with Crippen LogP contribution in [0.15, 0.2) is 12.3 Å². The summed E-state index contributed by atoms with van der Waals surface area (Å²) in [6.45, 7) is 3.25. The summed E-state index contributed by atoms with van der Waals surface area (Å²) in [5.41, 5.74) is 0.0568. The van der Waals surface area contributed by atoms with Crippen molar-refractivity contribution in [3.63, 3.8) is 0 Å². The molecule has 0 N–H and O–H groups in total. The molecule has 1 unspecified atom stereocenters. The zero-order chi connectivity index (χ0) is 8.32. The number of hydrogen-bond acceptors (Lipinski definition) is 2. The molecule has 0 fully saturated rings. The van der Waals surface area contributed by atoms with Crippen molar-refractivity contribution < 1.29 is 4.74 Å². The summed E-state index contributed by atoms with van der Waals surface area (Å²) >= 11 is 0. The fraction of sp³-hybridized carbons (Fsp3) is 0.778. The van der Waals surface area contributed by atoms with Gasteiger partial charge in [-0.3, -0.25) is 0 Å². The van der Waals surface area contributed by atoms with Crippen LogP contribution in [0, 0.1) is 0 Å². The summed E-state index contributed by atoms with van der Waals surface area (Å²) < 4.78 is 5.43. The first kappa shape index (κ1) is 8.60. The van der Waals surface area contributed by atoms with Crippen LogP contribution in [0.25, 0.3) is 0 Å². The van der Waals surface area contributed by atoms with Crippen LogP contribution >= 0.6 is 0 Å². The van der Waals surface area contributed by atoms with E-state index in [1.807, 2.05) is 0 Å². The highest BCUT2D eigenvalue weighted by atomic mass is 16.5. The molecule has 0 saturated heterocycles. The van der Waals surface area contributed by atoms with Crippen LogP contribution in [-0.2, 0) is 4.74 Å². The fourth-order valence-electron chi connectivity index (χ4n) is 1.26. The Morgan fingerprint density at radius 2 is 2.27 bits per heavy atom. The van der Waals surface area contributed by atoms with Crippen molar-refractivity contribution >= 4 is 0 Å². The van der Waals surface area contributed by atoms with E-state index in [4.69, 9.17) is 4.74 Å². The molecule has 0 spiro atoms. The normalized spacial score (nSPS) is 32.1. The molecule has 0 aliphatic carbocycles. The Labute approximate surface area is 68.8 Å².